The van der Waals surface area contributed by atoms with Gasteiger partial charge in [-0.2, -0.15) is 26.3 Å². The van der Waals surface area contributed by atoms with Gasteiger partial charge in [0, 0.05) is 18.4 Å². The summed E-state index contributed by atoms with van der Waals surface area (Å²) in [7, 11) is 0. The second kappa shape index (κ2) is 9.57. The zero-order valence-corrected chi connectivity index (χ0v) is 16.6. The number of aryl methyl sites for hydroxylation is 2. The number of aliphatic hydroxyl groups is 1. The van der Waals surface area contributed by atoms with E-state index in [-0.39, 0.29) is 61.6 Å². The number of alkyl halides is 6. The van der Waals surface area contributed by atoms with E-state index in [1.807, 2.05) is 0 Å². The van der Waals surface area contributed by atoms with Gasteiger partial charge in [0.15, 0.2) is 5.82 Å². The molecule has 0 radical (unpaired) electrons. The summed E-state index contributed by atoms with van der Waals surface area (Å²) in [6.45, 7) is 2.02. The molecule has 30 heavy (non-hydrogen) atoms. The molecule has 0 aliphatic heterocycles. The zero-order chi connectivity index (χ0) is 22.7. The van der Waals surface area contributed by atoms with Crippen molar-refractivity contribution >= 4 is 5.57 Å². The first-order chi connectivity index (χ1) is 13.8. The standard InChI is InChI=1S/C19H24F7N3O/c1-10(18(21,22)23)6-8-14-27-15(9-7-11(2)19(24,25)26)29-17(28-14)12-4-3-5-13(30)16(12)20/h10-11,13,30H,3-9H2,1-2H3/t10-,11-,13?/m0/s1. The lowest BCUT2D eigenvalue weighted by molar-refractivity contribution is -0.171. The van der Waals surface area contributed by atoms with Crippen LogP contribution in [0.1, 0.15) is 63.4 Å². The van der Waals surface area contributed by atoms with Gasteiger partial charge in [0.05, 0.1) is 11.8 Å². The fraction of sp³-hybridized carbons (Fsp3) is 0.737. The lowest BCUT2D eigenvalue weighted by Crippen LogP contribution is -2.22. The molecular weight excluding hydrogens is 419 g/mol. The van der Waals surface area contributed by atoms with Crippen LogP contribution >= 0.6 is 0 Å². The van der Waals surface area contributed by atoms with Gasteiger partial charge < -0.3 is 5.11 Å². The fourth-order valence-corrected chi connectivity index (χ4v) is 2.98. The first kappa shape index (κ1) is 24.5. The van der Waals surface area contributed by atoms with Crippen molar-refractivity contribution in [1.82, 2.24) is 15.0 Å². The van der Waals surface area contributed by atoms with E-state index >= 15 is 0 Å². The van der Waals surface area contributed by atoms with Crippen molar-refractivity contribution in [3.05, 3.63) is 23.3 Å². The van der Waals surface area contributed by atoms with E-state index in [4.69, 9.17) is 0 Å². The highest BCUT2D eigenvalue weighted by molar-refractivity contribution is 5.63. The molecule has 1 aromatic heterocycles. The predicted molar refractivity (Wildman–Crippen MR) is 94.8 cm³/mol. The molecule has 11 heteroatoms. The van der Waals surface area contributed by atoms with Gasteiger partial charge in [-0.15, -0.1) is 0 Å². The molecule has 0 saturated heterocycles. The van der Waals surface area contributed by atoms with Crippen molar-refractivity contribution in [3.8, 4) is 0 Å². The minimum absolute atomic E-state index is 0.0198. The van der Waals surface area contributed by atoms with Crippen molar-refractivity contribution in [2.45, 2.75) is 77.2 Å². The van der Waals surface area contributed by atoms with E-state index < -0.39 is 36.1 Å². The maximum Gasteiger partial charge on any atom is 0.391 e. The van der Waals surface area contributed by atoms with Gasteiger partial charge in [-0.25, -0.2) is 19.3 Å². The third-order valence-electron chi connectivity index (χ3n) is 5.20. The minimum Gasteiger partial charge on any atom is -0.386 e. The fourth-order valence-electron chi connectivity index (χ4n) is 2.98. The van der Waals surface area contributed by atoms with Crippen LogP contribution in [0.2, 0.25) is 0 Å². The van der Waals surface area contributed by atoms with E-state index in [0.29, 0.717) is 6.42 Å². The number of nitrogens with zero attached hydrogens (tertiary/aromatic N) is 3. The normalized spacial score (nSPS) is 20.4. The Morgan fingerprint density at radius 3 is 1.80 bits per heavy atom. The summed E-state index contributed by atoms with van der Waals surface area (Å²) >= 11 is 0. The third-order valence-corrected chi connectivity index (χ3v) is 5.20. The van der Waals surface area contributed by atoms with Crippen LogP contribution in [0.4, 0.5) is 30.7 Å². The van der Waals surface area contributed by atoms with E-state index in [9.17, 15) is 35.8 Å². The van der Waals surface area contributed by atoms with Crippen molar-refractivity contribution in [3.63, 3.8) is 0 Å². The number of aromatic nitrogens is 3. The third kappa shape index (κ3) is 6.61. The van der Waals surface area contributed by atoms with Gasteiger partial charge >= 0.3 is 12.4 Å². The molecule has 1 aliphatic rings. The number of halogens is 7. The van der Waals surface area contributed by atoms with E-state index in [1.54, 1.807) is 0 Å². The SMILES string of the molecule is C[C@@H](CCc1nc(CC[C@H](C)C(F)(F)F)nc(C2=C(F)C(O)CCC2)n1)C(F)(F)F. The van der Waals surface area contributed by atoms with Gasteiger partial charge in [-0.05, 0) is 32.1 Å². The predicted octanol–water partition coefficient (Wildman–Crippen LogP) is 5.36. The zero-order valence-electron chi connectivity index (χ0n) is 16.6. The second-order valence-electron chi connectivity index (χ2n) is 7.69. The van der Waals surface area contributed by atoms with Crippen molar-refractivity contribution in [2.24, 2.45) is 11.8 Å². The van der Waals surface area contributed by atoms with Crippen LogP contribution in [0.5, 0.6) is 0 Å². The van der Waals surface area contributed by atoms with Crippen molar-refractivity contribution in [2.75, 3.05) is 0 Å². The molecule has 3 atom stereocenters. The van der Waals surface area contributed by atoms with Crippen LogP contribution in [0.3, 0.4) is 0 Å². The minimum atomic E-state index is -4.40. The van der Waals surface area contributed by atoms with Gasteiger partial charge in [0.25, 0.3) is 0 Å². The summed E-state index contributed by atoms with van der Waals surface area (Å²) in [4.78, 5) is 12.1. The average molecular weight is 443 g/mol. The molecule has 0 saturated carbocycles. The first-order valence-corrected chi connectivity index (χ1v) is 9.73. The molecule has 0 aromatic carbocycles. The largest absolute Gasteiger partial charge is 0.391 e. The van der Waals surface area contributed by atoms with Crippen LogP contribution in [-0.4, -0.2) is 38.5 Å². The Bertz CT molecular complexity index is 719. The molecule has 0 bridgehead atoms. The Kier molecular flexibility index (Phi) is 7.81. The number of hydrogen-bond donors (Lipinski definition) is 1. The number of hydrogen-bond acceptors (Lipinski definition) is 4. The van der Waals surface area contributed by atoms with Crippen molar-refractivity contribution in [1.29, 1.82) is 0 Å². The van der Waals surface area contributed by atoms with E-state index in [2.05, 4.69) is 15.0 Å². The molecular formula is C19H24F7N3O. The first-order valence-electron chi connectivity index (χ1n) is 9.73. The summed E-state index contributed by atoms with van der Waals surface area (Å²) < 4.78 is 91.0. The molecule has 1 aromatic rings. The maximum atomic E-state index is 14.4. The Morgan fingerprint density at radius 1 is 0.900 bits per heavy atom. The molecule has 1 unspecified atom stereocenters. The summed E-state index contributed by atoms with van der Waals surface area (Å²) in [5, 5.41) is 9.73. The Balaban J connectivity index is 2.30. The van der Waals surface area contributed by atoms with Crippen LogP contribution < -0.4 is 0 Å². The maximum absolute atomic E-state index is 14.4. The number of rotatable bonds is 7. The molecule has 1 heterocycles. The van der Waals surface area contributed by atoms with Crippen LogP contribution in [0, 0.1) is 11.8 Å². The second-order valence-corrected chi connectivity index (χ2v) is 7.69. The highest BCUT2D eigenvalue weighted by Gasteiger charge is 2.36. The molecule has 0 spiro atoms. The Hall–Kier alpha value is -1.78. The van der Waals surface area contributed by atoms with E-state index in [1.165, 1.54) is 0 Å². The molecule has 1 N–H and O–H groups in total. The van der Waals surface area contributed by atoms with Crippen LogP contribution in [0.25, 0.3) is 5.57 Å². The molecule has 0 amide bonds. The Labute approximate surface area is 169 Å². The summed E-state index contributed by atoms with van der Waals surface area (Å²) in [6, 6.07) is 0. The van der Waals surface area contributed by atoms with Gasteiger partial charge in [-0.1, -0.05) is 13.8 Å². The van der Waals surface area contributed by atoms with Gasteiger partial charge in [0.2, 0.25) is 0 Å². The molecule has 4 nitrogen and oxygen atoms in total. The number of allylic oxidation sites excluding steroid dienone is 1. The number of aliphatic hydroxyl groups excluding tert-OH is 1. The summed E-state index contributed by atoms with van der Waals surface area (Å²) in [6.07, 6.45) is -10.3. The average Bonchev–Trinajstić information content (AvgIpc) is 2.64. The smallest absolute Gasteiger partial charge is 0.386 e. The summed E-state index contributed by atoms with van der Waals surface area (Å²) in [5.41, 5.74) is 0.0198. The topological polar surface area (TPSA) is 58.9 Å². The van der Waals surface area contributed by atoms with Gasteiger partial charge in [0.1, 0.15) is 23.6 Å². The monoisotopic (exact) mass is 443 g/mol. The van der Waals surface area contributed by atoms with Gasteiger partial charge in [-0.3, -0.25) is 0 Å². The van der Waals surface area contributed by atoms with E-state index in [0.717, 1.165) is 13.8 Å². The molecule has 170 valence electrons. The highest BCUT2D eigenvalue weighted by atomic mass is 19.4. The van der Waals surface area contributed by atoms with Crippen LogP contribution in [-0.2, 0) is 12.8 Å². The van der Waals surface area contributed by atoms with Crippen LogP contribution in [0.15, 0.2) is 5.83 Å². The summed E-state index contributed by atoms with van der Waals surface area (Å²) in [5.74, 6) is -4.28. The van der Waals surface area contributed by atoms with Crippen molar-refractivity contribution < 1.29 is 35.8 Å². The Morgan fingerprint density at radius 2 is 1.37 bits per heavy atom. The quantitative estimate of drug-likeness (QED) is 0.577. The molecule has 1 aliphatic carbocycles. The lowest BCUT2D eigenvalue weighted by atomic mass is 9.95. The lowest BCUT2D eigenvalue weighted by Gasteiger charge is -2.20. The molecule has 2 rings (SSSR count). The molecule has 0 fully saturated rings. The highest BCUT2D eigenvalue weighted by Crippen LogP contribution is 2.33.